The molecule has 2 heterocycles. The van der Waals surface area contributed by atoms with E-state index in [0.717, 1.165) is 35.0 Å². The minimum Gasteiger partial charge on any atom is -0.371 e. The molecule has 0 bridgehead atoms. The maximum atomic E-state index is 4.58. The van der Waals surface area contributed by atoms with Gasteiger partial charge in [-0.3, -0.25) is 4.68 Å². The summed E-state index contributed by atoms with van der Waals surface area (Å²) in [6.07, 6.45) is 3.81. The summed E-state index contributed by atoms with van der Waals surface area (Å²) in [6, 6.07) is 0. The van der Waals surface area contributed by atoms with Crippen LogP contribution in [0.2, 0.25) is 0 Å². The molecule has 2 aromatic rings. The second-order valence-corrected chi connectivity index (χ2v) is 3.93. The molecule has 0 amide bonds. The first-order chi connectivity index (χ1) is 8.15. The fourth-order valence-electron chi connectivity index (χ4n) is 1.64. The van der Waals surface area contributed by atoms with Crippen LogP contribution in [0.25, 0.3) is 11.3 Å². The minimum atomic E-state index is 0.795. The smallest absolute Gasteiger partial charge is 0.152 e. The first-order valence-electron chi connectivity index (χ1n) is 5.71. The van der Waals surface area contributed by atoms with Crippen LogP contribution in [0.4, 0.5) is 5.82 Å². The van der Waals surface area contributed by atoms with Crippen molar-refractivity contribution >= 4 is 5.82 Å². The van der Waals surface area contributed by atoms with Gasteiger partial charge in [0, 0.05) is 25.4 Å². The number of rotatable bonds is 3. The minimum absolute atomic E-state index is 0.795. The van der Waals surface area contributed by atoms with Gasteiger partial charge in [-0.2, -0.15) is 5.10 Å². The average molecular weight is 231 g/mol. The highest BCUT2D eigenvalue weighted by atomic mass is 15.3. The van der Waals surface area contributed by atoms with Gasteiger partial charge >= 0.3 is 0 Å². The van der Waals surface area contributed by atoms with Crippen LogP contribution in [0.5, 0.6) is 0 Å². The molecule has 0 aliphatic carbocycles. The summed E-state index contributed by atoms with van der Waals surface area (Å²) in [5.41, 5.74) is 3.74. The van der Waals surface area contributed by atoms with Gasteiger partial charge in [-0.15, -0.1) is 0 Å². The lowest BCUT2D eigenvalue weighted by Gasteiger charge is -2.08. The molecule has 17 heavy (non-hydrogen) atoms. The lowest BCUT2D eigenvalue weighted by molar-refractivity contribution is 0.660. The first kappa shape index (κ1) is 11.6. The van der Waals surface area contributed by atoms with Crippen molar-refractivity contribution in [2.45, 2.75) is 27.3 Å². The van der Waals surface area contributed by atoms with Gasteiger partial charge < -0.3 is 5.32 Å². The van der Waals surface area contributed by atoms with Crippen LogP contribution in [0.3, 0.4) is 0 Å². The fourth-order valence-corrected chi connectivity index (χ4v) is 1.64. The van der Waals surface area contributed by atoms with Crippen LogP contribution in [-0.4, -0.2) is 26.8 Å². The maximum Gasteiger partial charge on any atom is 0.152 e. The van der Waals surface area contributed by atoms with Crippen LogP contribution in [0.1, 0.15) is 18.3 Å². The van der Waals surface area contributed by atoms with Crippen molar-refractivity contribution in [2.24, 2.45) is 0 Å². The largest absolute Gasteiger partial charge is 0.371 e. The molecule has 0 aliphatic rings. The molecule has 5 nitrogen and oxygen atoms in total. The van der Waals surface area contributed by atoms with E-state index in [4.69, 9.17) is 0 Å². The van der Waals surface area contributed by atoms with Crippen LogP contribution in [0, 0.1) is 13.8 Å². The van der Waals surface area contributed by atoms with Crippen molar-refractivity contribution in [2.75, 3.05) is 12.4 Å². The van der Waals surface area contributed by atoms with Crippen molar-refractivity contribution in [3.63, 3.8) is 0 Å². The van der Waals surface area contributed by atoms with Crippen LogP contribution < -0.4 is 5.32 Å². The highest BCUT2D eigenvalue weighted by Crippen LogP contribution is 2.24. The second-order valence-electron chi connectivity index (χ2n) is 3.93. The van der Waals surface area contributed by atoms with Gasteiger partial charge in [0.25, 0.3) is 0 Å². The van der Waals surface area contributed by atoms with Crippen molar-refractivity contribution in [1.82, 2.24) is 19.7 Å². The summed E-state index contributed by atoms with van der Waals surface area (Å²) in [7, 11) is 1.85. The van der Waals surface area contributed by atoms with Gasteiger partial charge in [0.2, 0.25) is 0 Å². The quantitative estimate of drug-likeness (QED) is 0.878. The van der Waals surface area contributed by atoms with E-state index in [1.807, 2.05) is 38.0 Å². The van der Waals surface area contributed by atoms with E-state index in [-0.39, 0.29) is 0 Å². The predicted octanol–water partition coefficient (Wildman–Crippen LogP) is 2.02. The van der Waals surface area contributed by atoms with Gasteiger partial charge in [0.1, 0.15) is 5.69 Å². The first-order valence-corrected chi connectivity index (χ1v) is 5.71. The summed E-state index contributed by atoms with van der Waals surface area (Å²) in [5.74, 6) is 0.795. The molecular formula is C12H17N5. The van der Waals surface area contributed by atoms with Gasteiger partial charge in [0.05, 0.1) is 17.6 Å². The molecule has 0 radical (unpaired) electrons. The molecule has 0 aliphatic heterocycles. The highest BCUT2D eigenvalue weighted by molar-refractivity contribution is 5.70. The van der Waals surface area contributed by atoms with Gasteiger partial charge in [-0.25, -0.2) is 9.97 Å². The van der Waals surface area contributed by atoms with Gasteiger partial charge in [-0.1, -0.05) is 0 Å². The van der Waals surface area contributed by atoms with Gasteiger partial charge in [-0.05, 0) is 20.8 Å². The monoisotopic (exact) mass is 231 g/mol. The van der Waals surface area contributed by atoms with E-state index in [2.05, 4.69) is 27.3 Å². The van der Waals surface area contributed by atoms with Crippen LogP contribution in [-0.2, 0) is 6.54 Å². The summed E-state index contributed by atoms with van der Waals surface area (Å²) < 4.78 is 1.88. The Kier molecular flexibility index (Phi) is 3.08. The van der Waals surface area contributed by atoms with Gasteiger partial charge in [0.15, 0.2) is 5.82 Å². The molecule has 0 saturated carbocycles. The van der Waals surface area contributed by atoms with E-state index in [9.17, 15) is 0 Å². The molecule has 1 N–H and O–H groups in total. The Hall–Kier alpha value is -1.91. The van der Waals surface area contributed by atoms with E-state index in [1.165, 1.54) is 0 Å². The van der Waals surface area contributed by atoms with E-state index < -0.39 is 0 Å². The number of hydrogen-bond donors (Lipinski definition) is 1. The van der Waals surface area contributed by atoms with E-state index >= 15 is 0 Å². The van der Waals surface area contributed by atoms with Crippen molar-refractivity contribution in [3.8, 4) is 11.3 Å². The van der Waals surface area contributed by atoms with Crippen LogP contribution >= 0.6 is 0 Å². The number of anilines is 1. The summed E-state index contributed by atoms with van der Waals surface area (Å²) in [6.45, 7) is 6.84. The Morgan fingerprint density at radius 2 is 1.94 bits per heavy atom. The Labute approximate surface area is 101 Å². The molecule has 0 spiro atoms. The van der Waals surface area contributed by atoms with Crippen molar-refractivity contribution in [1.29, 1.82) is 0 Å². The number of aryl methyl sites for hydroxylation is 3. The third-order valence-electron chi connectivity index (χ3n) is 2.77. The third kappa shape index (κ3) is 2.13. The number of hydrogen-bond acceptors (Lipinski definition) is 4. The molecule has 5 heteroatoms. The molecule has 90 valence electrons. The molecule has 0 fully saturated rings. The lowest BCUT2D eigenvalue weighted by atomic mass is 10.2. The molecular weight excluding hydrogens is 214 g/mol. The second kappa shape index (κ2) is 4.53. The Balaban J connectivity index is 2.53. The summed E-state index contributed by atoms with van der Waals surface area (Å²) >= 11 is 0. The molecule has 0 atom stereocenters. The number of nitrogens with one attached hydrogen (secondary N) is 1. The van der Waals surface area contributed by atoms with Crippen molar-refractivity contribution < 1.29 is 0 Å². The standard InChI is InChI=1S/C12H17N5/c1-5-17-7-10(6-14-17)11-12(13-4)16-9(3)8(2)15-11/h6-7H,5H2,1-4H3,(H,13,16). The molecule has 2 rings (SSSR count). The number of aromatic nitrogens is 4. The fraction of sp³-hybridized carbons (Fsp3) is 0.417. The SMILES string of the molecule is CCn1cc(-c2nc(C)c(C)nc2NC)cn1. The molecule has 0 unspecified atom stereocenters. The zero-order chi connectivity index (χ0) is 12.4. The lowest BCUT2D eigenvalue weighted by Crippen LogP contribution is -2.02. The topological polar surface area (TPSA) is 55.6 Å². The summed E-state index contributed by atoms with van der Waals surface area (Å²) in [4.78, 5) is 9.08. The number of nitrogens with zero attached hydrogens (tertiary/aromatic N) is 4. The Morgan fingerprint density at radius 1 is 1.24 bits per heavy atom. The normalized spacial score (nSPS) is 10.6. The molecule has 0 aromatic carbocycles. The Bertz CT molecular complexity index is 530. The van der Waals surface area contributed by atoms with Crippen LogP contribution in [0.15, 0.2) is 12.4 Å². The zero-order valence-corrected chi connectivity index (χ0v) is 10.7. The maximum absolute atomic E-state index is 4.58. The Morgan fingerprint density at radius 3 is 2.53 bits per heavy atom. The zero-order valence-electron chi connectivity index (χ0n) is 10.7. The van der Waals surface area contributed by atoms with Crippen molar-refractivity contribution in [3.05, 3.63) is 23.8 Å². The predicted molar refractivity (Wildman–Crippen MR) is 67.9 cm³/mol. The summed E-state index contributed by atoms with van der Waals surface area (Å²) in [5, 5.41) is 7.34. The molecule has 2 aromatic heterocycles. The third-order valence-corrected chi connectivity index (χ3v) is 2.77. The molecule has 0 saturated heterocycles. The average Bonchev–Trinajstić information content (AvgIpc) is 2.80. The van der Waals surface area contributed by atoms with E-state index in [1.54, 1.807) is 0 Å². The highest BCUT2D eigenvalue weighted by Gasteiger charge is 2.11. The van der Waals surface area contributed by atoms with E-state index in [0.29, 0.717) is 0 Å².